The van der Waals surface area contributed by atoms with Crippen molar-refractivity contribution in [3.63, 3.8) is 0 Å². The average Bonchev–Trinajstić information content (AvgIpc) is 4.22. The van der Waals surface area contributed by atoms with E-state index in [1.165, 1.54) is 10.5 Å². The van der Waals surface area contributed by atoms with Crippen molar-refractivity contribution < 1.29 is 52.7 Å². The lowest BCUT2D eigenvalue weighted by Crippen LogP contribution is -2.58. The van der Waals surface area contributed by atoms with Gasteiger partial charge in [-0.3, -0.25) is 19.2 Å². The number of halogens is 2. The predicted octanol–water partition coefficient (Wildman–Crippen LogP) is 7.65. The molecular weight excluding hydrogens is 1090 g/mol. The first-order chi connectivity index (χ1) is 38.4. The SMILES string of the molecule is CC1=CN(CC[C@]2(c3ccc(Cl)cc3Cl)OC[C@H](COc3ccc(N4CCN(C(=O)COCCOCCOCC(=O)NC(C(=O)N5C[C@H](O)CC5C(=O)NC(C)c5ccc(-c6scnc6C)cc5)C(C)(C)C)CC4)cc3)O2)C=CC1. The van der Waals surface area contributed by atoms with Crippen LogP contribution in [0.25, 0.3) is 10.4 Å². The number of aryl methyl sites for hydroxylation is 1. The van der Waals surface area contributed by atoms with Crippen LogP contribution in [0.3, 0.4) is 0 Å². The van der Waals surface area contributed by atoms with E-state index in [1.54, 1.807) is 28.4 Å². The van der Waals surface area contributed by atoms with Gasteiger partial charge in [0.25, 0.3) is 0 Å². The fraction of sp³-hybridized carbons (Fsp3) is 0.508. The van der Waals surface area contributed by atoms with Crippen LogP contribution in [0.15, 0.2) is 96.3 Å². The van der Waals surface area contributed by atoms with Gasteiger partial charge in [-0.15, -0.1) is 11.3 Å². The zero-order valence-corrected chi connectivity index (χ0v) is 48.8. The number of aliphatic hydroxyl groups is 1. The lowest BCUT2D eigenvalue weighted by atomic mass is 9.85. The van der Waals surface area contributed by atoms with Gasteiger partial charge in [-0.2, -0.15) is 0 Å². The van der Waals surface area contributed by atoms with Crippen LogP contribution in [0.2, 0.25) is 10.0 Å². The molecule has 432 valence electrons. The average molecular weight is 1160 g/mol. The Morgan fingerprint density at radius 2 is 1.62 bits per heavy atom. The summed E-state index contributed by atoms with van der Waals surface area (Å²) in [4.78, 5) is 66.8. The third-order valence-electron chi connectivity index (χ3n) is 14.6. The number of rotatable bonds is 24. The van der Waals surface area contributed by atoms with Crippen molar-refractivity contribution in [1.29, 1.82) is 0 Å². The fourth-order valence-corrected chi connectivity index (χ4v) is 11.5. The Labute approximate surface area is 483 Å². The molecule has 1 aromatic heterocycles. The van der Waals surface area contributed by atoms with E-state index in [2.05, 4.69) is 50.8 Å². The zero-order valence-electron chi connectivity index (χ0n) is 46.5. The van der Waals surface area contributed by atoms with E-state index in [4.69, 9.17) is 51.6 Å². The van der Waals surface area contributed by atoms with Crippen LogP contribution in [0.5, 0.6) is 5.75 Å². The Bertz CT molecular complexity index is 2800. The molecule has 18 nitrogen and oxygen atoms in total. The van der Waals surface area contributed by atoms with E-state index in [0.717, 1.165) is 39.4 Å². The molecule has 0 spiro atoms. The number of ether oxygens (including phenoxy) is 6. The number of piperazine rings is 1. The molecule has 3 unspecified atom stereocenters. The number of amides is 4. The highest BCUT2D eigenvalue weighted by atomic mass is 35.5. The molecule has 4 aliphatic rings. The summed E-state index contributed by atoms with van der Waals surface area (Å²) < 4.78 is 36.0. The third-order valence-corrected chi connectivity index (χ3v) is 16.1. The van der Waals surface area contributed by atoms with Gasteiger partial charge in [0.1, 0.15) is 43.8 Å². The number of benzene rings is 3. The van der Waals surface area contributed by atoms with Crippen molar-refractivity contribution in [2.45, 2.75) is 96.9 Å². The fourth-order valence-electron chi connectivity index (χ4n) is 10.1. The molecule has 21 heteroatoms. The van der Waals surface area contributed by atoms with Crippen LogP contribution < -0.4 is 20.3 Å². The maximum absolute atomic E-state index is 14.1. The monoisotopic (exact) mass is 1160 g/mol. The quantitative estimate of drug-likeness (QED) is 0.0579. The molecule has 6 atom stereocenters. The second-order valence-electron chi connectivity index (χ2n) is 21.8. The van der Waals surface area contributed by atoms with Crippen LogP contribution >= 0.6 is 34.5 Å². The predicted molar refractivity (Wildman–Crippen MR) is 307 cm³/mol. The van der Waals surface area contributed by atoms with Crippen molar-refractivity contribution in [2.24, 2.45) is 5.41 Å². The Hall–Kier alpha value is -5.61. The molecule has 4 amide bonds. The molecule has 3 saturated heterocycles. The number of carbonyl (C=O) groups excluding carboxylic acids is 4. The summed E-state index contributed by atoms with van der Waals surface area (Å²) in [6, 6.07) is 18.9. The molecule has 3 N–H and O–H groups in total. The Morgan fingerprint density at radius 1 is 0.912 bits per heavy atom. The van der Waals surface area contributed by atoms with Gasteiger partial charge in [-0.25, -0.2) is 4.98 Å². The van der Waals surface area contributed by atoms with Crippen molar-refractivity contribution in [3.8, 4) is 16.2 Å². The molecule has 0 bridgehead atoms. The van der Waals surface area contributed by atoms with Gasteiger partial charge >= 0.3 is 0 Å². The lowest BCUT2D eigenvalue weighted by molar-refractivity contribution is -0.185. The number of aliphatic hydroxyl groups excluding tert-OH is 1. The Morgan fingerprint density at radius 3 is 2.30 bits per heavy atom. The van der Waals surface area contributed by atoms with Gasteiger partial charge in [0.2, 0.25) is 23.6 Å². The van der Waals surface area contributed by atoms with Crippen molar-refractivity contribution in [3.05, 3.63) is 123 Å². The number of allylic oxidation sites excluding steroid dienone is 2. The van der Waals surface area contributed by atoms with Gasteiger partial charge < -0.3 is 63.8 Å². The molecule has 4 aromatic rings. The van der Waals surface area contributed by atoms with E-state index in [9.17, 15) is 24.3 Å². The highest BCUT2D eigenvalue weighted by molar-refractivity contribution is 7.13. The summed E-state index contributed by atoms with van der Waals surface area (Å²) in [7, 11) is 0. The zero-order chi connectivity index (χ0) is 57.0. The number of nitrogens with zero attached hydrogens (tertiary/aromatic N) is 5. The van der Waals surface area contributed by atoms with E-state index >= 15 is 0 Å². The first kappa shape index (κ1) is 60.5. The maximum atomic E-state index is 14.1. The summed E-state index contributed by atoms with van der Waals surface area (Å²) in [5, 5.41) is 17.5. The molecule has 4 aliphatic heterocycles. The molecule has 0 radical (unpaired) electrons. The van der Waals surface area contributed by atoms with Crippen LogP contribution in [0.1, 0.15) is 76.7 Å². The molecular formula is C59H75Cl2N7O11S. The number of aromatic nitrogens is 1. The van der Waals surface area contributed by atoms with Crippen molar-refractivity contribution >= 4 is 63.9 Å². The van der Waals surface area contributed by atoms with Gasteiger partial charge in [-0.05, 0) is 86.3 Å². The largest absolute Gasteiger partial charge is 0.491 e. The summed E-state index contributed by atoms with van der Waals surface area (Å²) in [6.07, 6.45) is 6.67. The minimum atomic E-state index is -1.06. The number of hydrogen-bond acceptors (Lipinski definition) is 15. The highest BCUT2D eigenvalue weighted by Crippen LogP contribution is 2.42. The Kier molecular flexibility index (Phi) is 21.1. The summed E-state index contributed by atoms with van der Waals surface area (Å²) in [6.45, 7) is 15.4. The number of β-amino-alcohol motifs (C(OH)–C–C–N with tert-alkyl or cyclic N) is 1. The molecule has 8 rings (SSSR count). The van der Waals surface area contributed by atoms with Crippen LogP contribution in [0, 0.1) is 12.3 Å². The topological polar surface area (TPSA) is 194 Å². The molecule has 3 aromatic carbocycles. The smallest absolute Gasteiger partial charge is 0.248 e. The number of hydrogen-bond donors (Lipinski definition) is 3. The number of nitrogens with one attached hydrogen (secondary N) is 2. The van der Waals surface area contributed by atoms with E-state index in [1.807, 2.05) is 94.7 Å². The van der Waals surface area contributed by atoms with Gasteiger partial charge in [-0.1, -0.05) is 86.0 Å². The second kappa shape index (κ2) is 27.9. The van der Waals surface area contributed by atoms with Gasteiger partial charge in [0.05, 0.1) is 66.3 Å². The van der Waals surface area contributed by atoms with E-state index in [-0.39, 0.29) is 83.2 Å². The molecule has 5 heterocycles. The standard InChI is InChI=1S/C59H75Cl2N7O11S/c1-39-8-7-20-65(32-39)21-19-59(49-18-13-44(60)30-50(49)61)78-35-48(79-59)34-77-47-16-14-45(15-17-47)66-22-24-67(25-23-66)53(71)37-76-29-27-74-26-28-75-36-52(70)64-55(58(4,5)6)57(73)68-33-46(69)31-51(68)56(72)63-40(2)42-9-11-43(12-10-42)54-41(3)62-38-80-54/h7,9-18,20,30,32,38,40,46,48,51,55,69H,8,19,21-29,31,33-37H2,1-6H3,(H,63,72)(H,64,70)/t40?,46-,48+,51?,55?,59+/m1/s1. The number of thiazole rings is 1. The minimum absolute atomic E-state index is 0.0360. The summed E-state index contributed by atoms with van der Waals surface area (Å²) >= 11 is 14.5. The Balaban J connectivity index is 0.685. The summed E-state index contributed by atoms with van der Waals surface area (Å²) in [5.74, 6) is -1.80. The van der Waals surface area contributed by atoms with Gasteiger partial charge in [0.15, 0.2) is 5.79 Å². The second-order valence-corrected chi connectivity index (χ2v) is 23.5. The number of likely N-dealkylation sites (tertiary alicyclic amines) is 1. The van der Waals surface area contributed by atoms with Crippen molar-refractivity contribution in [2.75, 3.05) is 97.0 Å². The van der Waals surface area contributed by atoms with Crippen LogP contribution in [-0.2, 0) is 48.6 Å². The maximum Gasteiger partial charge on any atom is 0.248 e. The lowest BCUT2D eigenvalue weighted by Gasteiger charge is -2.36. The van der Waals surface area contributed by atoms with Crippen LogP contribution in [-0.4, -0.2) is 165 Å². The first-order valence-corrected chi connectivity index (χ1v) is 28.9. The summed E-state index contributed by atoms with van der Waals surface area (Å²) in [5.41, 5.74) is 7.01. The number of carbonyl (C=O) groups is 4. The number of anilines is 1. The van der Waals surface area contributed by atoms with Gasteiger partial charge in [0, 0.05) is 74.6 Å². The van der Waals surface area contributed by atoms with Crippen LogP contribution in [0.4, 0.5) is 5.69 Å². The van der Waals surface area contributed by atoms with Crippen molar-refractivity contribution in [1.82, 2.24) is 30.3 Å². The van der Waals surface area contributed by atoms with E-state index in [0.29, 0.717) is 61.5 Å². The van der Waals surface area contributed by atoms with E-state index < -0.39 is 41.2 Å². The molecule has 0 aliphatic carbocycles. The molecule has 80 heavy (non-hydrogen) atoms. The minimum Gasteiger partial charge on any atom is -0.491 e. The molecule has 3 fully saturated rings. The normalized spacial score (nSPS) is 21.1. The highest BCUT2D eigenvalue weighted by Gasteiger charge is 2.46. The third kappa shape index (κ3) is 16.1. The first-order valence-electron chi connectivity index (χ1n) is 27.3. The molecule has 0 saturated carbocycles.